The van der Waals surface area contributed by atoms with Gasteiger partial charge >= 0.3 is 0 Å². The number of nitro benzene ring substituents is 1. The largest absolute Gasteiger partial charge is 0.396 e. The molecule has 2 aromatic rings. The molecule has 2 rings (SSSR count). The van der Waals surface area contributed by atoms with E-state index in [0.717, 1.165) is 23.1 Å². The van der Waals surface area contributed by atoms with Crippen LogP contribution in [-0.2, 0) is 18.7 Å². The van der Waals surface area contributed by atoms with E-state index in [-0.39, 0.29) is 17.2 Å². The normalized spacial score (nSPS) is 10.9. The summed E-state index contributed by atoms with van der Waals surface area (Å²) < 4.78 is 1.99. The van der Waals surface area contributed by atoms with E-state index in [1.165, 1.54) is 11.8 Å². The van der Waals surface area contributed by atoms with E-state index in [9.17, 15) is 10.1 Å². The van der Waals surface area contributed by atoms with Crippen molar-refractivity contribution in [3.05, 3.63) is 45.3 Å². The van der Waals surface area contributed by atoms with Crippen LogP contribution in [0.2, 0.25) is 0 Å². The number of aliphatic hydroxyl groups excluding tert-OH is 1. The molecule has 0 saturated carbocycles. The van der Waals surface area contributed by atoms with Gasteiger partial charge in [0.25, 0.3) is 5.69 Å². The van der Waals surface area contributed by atoms with Crippen molar-refractivity contribution in [3.8, 4) is 0 Å². The predicted molar refractivity (Wildman–Crippen MR) is 88.5 cm³/mol. The summed E-state index contributed by atoms with van der Waals surface area (Å²) in [5.41, 5.74) is 1.81. The van der Waals surface area contributed by atoms with Crippen LogP contribution in [0.5, 0.6) is 0 Å². The maximum absolute atomic E-state index is 11.1. The van der Waals surface area contributed by atoms with Crippen LogP contribution in [-0.4, -0.2) is 31.4 Å². The maximum atomic E-state index is 11.1. The molecule has 1 heterocycles. The van der Waals surface area contributed by atoms with Crippen molar-refractivity contribution >= 4 is 17.4 Å². The molecule has 124 valence electrons. The lowest BCUT2D eigenvalue weighted by atomic mass is 10.1. The van der Waals surface area contributed by atoms with Gasteiger partial charge in [0, 0.05) is 37.0 Å². The number of nitrogens with zero attached hydrogens (tertiary/aromatic N) is 4. The highest BCUT2D eigenvalue weighted by atomic mass is 32.2. The molecule has 0 amide bonds. The van der Waals surface area contributed by atoms with Crippen molar-refractivity contribution in [1.29, 1.82) is 0 Å². The van der Waals surface area contributed by atoms with Gasteiger partial charge < -0.3 is 9.67 Å². The molecule has 0 spiro atoms. The Labute approximate surface area is 138 Å². The molecule has 0 radical (unpaired) electrons. The predicted octanol–water partition coefficient (Wildman–Crippen LogP) is 2.73. The van der Waals surface area contributed by atoms with E-state index in [1.807, 2.05) is 24.5 Å². The lowest BCUT2D eigenvalue weighted by Gasteiger charge is -2.07. The Hall–Kier alpha value is -1.93. The summed E-state index contributed by atoms with van der Waals surface area (Å²) in [5, 5.41) is 29.1. The van der Waals surface area contributed by atoms with Gasteiger partial charge in [-0.15, -0.1) is 10.2 Å². The van der Waals surface area contributed by atoms with Crippen LogP contribution in [0.15, 0.2) is 23.4 Å². The number of nitro groups is 1. The van der Waals surface area contributed by atoms with Crippen LogP contribution < -0.4 is 0 Å². The van der Waals surface area contributed by atoms with Crippen LogP contribution in [0.25, 0.3) is 0 Å². The number of hydrogen-bond donors (Lipinski definition) is 1. The first-order valence-electron chi connectivity index (χ1n) is 7.46. The Morgan fingerprint density at radius 3 is 2.83 bits per heavy atom. The average Bonchev–Trinajstić information content (AvgIpc) is 2.92. The SMILES string of the molecule is CCn1c(CCCO)nnc1SCc1cc(C)ccc1[N+](=O)[O-]. The third-order valence-corrected chi connectivity index (χ3v) is 4.47. The van der Waals surface area contributed by atoms with Gasteiger partial charge in [0.15, 0.2) is 5.16 Å². The quantitative estimate of drug-likeness (QED) is 0.452. The summed E-state index contributed by atoms with van der Waals surface area (Å²) in [6, 6.07) is 5.13. The van der Waals surface area contributed by atoms with Crippen molar-refractivity contribution in [3.63, 3.8) is 0 Å². The third kappa shape index (κ3) is 4.29. The molecule has 0 bridgehead atoms. The highest BCUT2D eigenvalue weighted by Gasteiger charge is 2.16. The fourth-order valence-corrected chi connectivity index (χ4v) is 3.32. The van der Waals surface area contributed by atoms with Crippen LogP contribution >= 0.6 is 11.8 Å². The summed E-state index contributed by atoms with van der Waals surface area (Å²) in [4.78, 5) is 10.8. The number of aromatic nitrogens is 3. The van der Waals surface area contributed by atoms with Gasteiger partial charge in [0.05, 0.1) is 4.92 Å². The number of aryl methyl sites for hydroxylation is 2. The fourth-order valence-electron chi connectivity index (χ4n) is 2.32. The van der Waals surface area contributed by atoms with Gasteiger partial charge in [-0.05, 0) is 26.3 Å². The summed E-state index contributed by atoms with van der Waals surface area (Å²) in [6.45, 7) is 4.77. The van der Waals surface area contributed by atoms with Gasteiger partial charge in [-0.25, -0.2) is 0 Å². The molecule has 0 saturated heterocycles. The number of benzene rings is 1. The third-order valence-electron chi connectivity index (χ3n) is 3.46. The minimum Gasteiger partial charge on any atom is -0.396 e. The Balaban J connectivity index is 2.16. The van der Waals surface area contributed by atoms with Gasteiger partial charge in [0.2, 0.25) is 0 Å². The zero-order valence-electron chi connectivity index (χ0n) is 13.2. The lowest BCUT2D eigenvalue weighted by Crippen LogP contribution is -2.04. The van der Waals surface area contributed by atoms with E-state index >= 15 is 0 Å². The summed E-state index contributed by atoms with van der Waals surface area (Å²) in [5.74, 6) is 1.30. The van der Waals surface area contributed by atoms with Crippen molar-refractivity contribution in [1.82, 2.24) is 14.8 Å². The van der Waals surface area contributed by atoms with Gasteiger partial charge in [-0.2, -0.15) is 0 Å². The Morgan fingerprint density at radius 1 is 1.39 bits per heavy atom. The molecule has 0 atom stereocenters. The van der Waals surface area contributed by atoms with Gasteiger partial charge in [0.1, 0.15) is 5.82 Å². The molecule has 1 N–H and O–H groups in total. The second-order valence-electron chi connectivity index (χ2n) is 5.15. The molecule has 7 nitrogen and oxygen atoms in total. The molecule has 0 aliphatic heterocycles. The number of thioether (sulfide) groups is 1. The first kappa shape index (κ1) is 17.4. The van der Waals surface area contributed by atoms with Crippen LogP contribution in [0.1, 0.15) is 30.3 Å². The molecule has 23 heavy (non-hydrogen) atoms. The Kier molecular flexibility index (Phi) is 6.12. The monoisotopic (exact) mass is 336 g/mol. The van der Waals surface area contributed by atoms with E-state index in [0.29, 0.717) is 24.2 Å². The highest BCUT2D eigenvalue weighted by molar-refractivity contribution is 7.98. The van der Waals surface area contributed by atoms with Crippen molar-refractivity contribution < 1.29 is 10.0 Å². The first-order valence-corrected chi connectivity index (χ1v) is 8.45. The topological polar surface area (TPSA) is 94.1 Å². The molecule has 0 unspecified atom stereocenters. The smallest absolute Gasteiger partial charge is 0.273 e. The molecular weight excluding hydrogens is 316 g/mol. The second kappa shape index (κ2) is 8.07. The minimum atomic E-state index is -0.355. The minimum absolute atomic E-state index is 0.120. The van der Waals surface area contributed by atoms with E-state index in [1.54, 1.807) is 12.1 Å². The zero-order valence-corrected chi connectivity index (χ0v) is 14.0. The molecule has 1 aromatic carbocycles. The molecular formula is C15H20N4O3S. The summed E-state index contributed by atoms with van der Waals surface area (Å²) in [7, 11) is 0. The Morgan fingerprint density at radius 2 is 2.17 bits per heavy atom. The van der Waals surface area contributed by atoms with E-state index < -0.39 is 0 Å². The number of hydrogen-bond acceptors (Lipinski definition) is 6. The summed E-state index contributed by atoms with van der Waals surface area (Å²) >= 11 is 1.44. The van der Waals surface area contributed by atoms with Gasteiger partial charge in [-0.3, -0.25) is 10.1 Å². The molecule has 0 aliphatic carbocycles. The second-order valence-corrected chi connectivity index (χ2v) is 6.09. The highest BCUT2D eigenvalue weighted by Crippen LogP contribution is 2.28. The average molecular weight is 336 g/mol. The number of aliphatic hydroxyl groups is 1. The van der Waals surface area contributed by atoms with Crippen molar-refractivity contribution in [2.24, 2.45) is 0 Å². The standard InChI is InChI=1S/C15H20N4O3S/c1-3-18-14(5-4-8-20)16-17-15(18)23-10-12-9-11(2)6-7-13(12)19(21)22/h6-7,9,20H,3-5,8,10H2,1-2H3. The molecule has 1 aromatic heterocycles. The molecule has 0 aliphatic rings. The van der Waals surface area contributed by atoms with Crippen molar-refractivity contribution in [2.75, 3.05) is 6.61 Å². The number of rotatable bonds is 8. The summed E-state index contributed by atoms with van der Waals surface area (Å²) in [6.07, 6.45) is 1.31. The Bertz CT molecular complexity index is 687. The van der Waals surface area contributed by atoms with Gasteiger partial charge in [-0.1, -0.05) is 23.4 Å². The van der Waals surface area contributed by atoms with Crippen LogP contribution in [0.4, 0.5) is 5.69 Å². The van der Waals surface area contributed by atoms with E-state index in [4.69, 9.17) is 5.11 Å². The van der Waals surface area contributed by atoms with Crippen LogP contribution in [0, 0.1) is 17.0 Å². The molecule has 8 heteroatoms. The first-order chi connectivity index (χ1) is 11.1. The lowest BCUT2D eigenvalue weighted by molar-refractivity contribution is -0.385. The molecule has 0 fully saturated rings. The fraction of sp³-hybridized carbons (Fsp3) is 0.467. The van der Waals surface area contributed by atoms with E-state index in [2.05, 4.69) is 10.2 Å². The van der Waals surface area contributed by atoms with Crippen LogP contribution in [0.3, 0.4) is 0 Å². The zero-order chi connectivity index (χ0) is 16.8. The maximum Gasteiger partial charge on any atom is 0.273 e. The van der Waals surface area contributed by atoms with Crippen molar-refractivity contribution in [2.45, 2.75) is 44.1 Å².